The maximum atomic E-state index is 5.90. The molecule has 0 atom stereocenters. The molecule has 1 heterocycles. The van der Waals surface area contributed by atoms with Crippen LogP contribution in [0.3, 0.4) is 0 Å². The standard InChI is InChI=1S/C17H16BrN3/c1-11-7-17(15-9-14(19)5-6-16(15)21-11)20-10-12-3-2-4-13(18)8-12/h2-9H,10,19H2,1H3,(H,20,21). The molecule has 21 heavy (non-hydrogen) atoms. The van der Waals surface area contributed by atoms with Gasteiger partial charge in [0.2, 0.25) is 0 Å². The van der Waals surface area contributed by atoms with Gasteiger partial charge < -0.3 is 11.1 Å². The number of halogens is 1. The Morgan fingerprint density at radius 3 is 2.81 bits per heavy atom. The number of hydrogen-bond acceptors (Lipinski definition) is 3. The molecule has 0 amide bonds. The molecule has 2 aromatic carbocycles. The van der Waals surface area contributed by atoms with Crippen LogP contribution in [0.2, 0.25) is 0 Å². The summed E-state index contributed by atoms with van der Waals surface area (Å²) in [6.45, 7) is 2.76. The maximum Gasteiger partial charge on any atom is 0.0727 e. The van der Waals surface area contributed by atoms with Crippen molar-refractivity contribution in [3.8, 4) is 0 Å². The Morgan fingerprint density at radius 2 is 2.00 bits per heavy atom. The fourth-order valence-corrected chi connectivity index (χ4v) is 2.81. The zero-order valence-electron chi connectivity index (χ0n) is 11.7. The molecule has 0 fully saturated rings. The Bertz CT molecular complexity index is 799. The molecule has 0 aliphatic rings. The second-order valence-electron chi connectivity index (χ2n) is 5.07. The fraction of sp³-hybridized carbons (Fsp3) is 0.118. The van der Waals surface area contributed by atoms with E-state index in [4.69, 9.17) is 5.73 Å². The number of pyridine rings is 1. The summed E-state index contributed by atoms with van der Waals surface area (Å²) in [4.78, 5) is 4.54. The largest absolute Gasteiger partial charge is 0.399 e. The van der Waals surface area contributed by atoms with Gasteiger partial charge in [-0.05, 0) is 48.9 Å². The van der Waals surface area contributed by atoms with Crippen LogP contribution in [0.15, 0.2) is 53.0 Å². The van der Waals surface area contributed by atoms with E-state index in [0.717, 1.165) is 39.0 Å². The van der Waals surface area contributed by atoms with Crippen molar-refractivity contribution in [1.82, 2.24) is 4.98 Å². The number of aromatic nitrogens is 1. The van der Waals surface area contributed by atoms with E-state index in [-0.39, 0.29) is 0 Å². The third kappa shape index (κ3) is 3.16. The lowest BCUT2D eigenvalue weighted by atomic mass is 10.1. The third-order valence-electron chi connectivity index (χ3n) is 3.33. The van der Waals surface area contributed by atoms with Crippen LogP contribution in [0, 0.1) is 6.92 Å². The lowest BCUT2D eigenvalue weighted by molar-refractivity contribution is 1.14. The van der Waals surface area contributed by atoms with Crippen LogP contribution < -0.4 is 11.1 Å². The molecule has 0 saturated carbocycles. The highest BCUT2D eigenvalue weighted by Gasteiger charge is 2.05. The number of nitrogens with one attached hydrogen (secondary N) is 1. The van der Waals surface area contributed by atoms with E-state index in [2.05, 4.69) is 44.4 Å². The molecule has 0 aliphatic heterocycles. The monoisotopic (exact) mass is 341 g/mol. The molecule has 0 saturated heterocycles. The molecule has 3 aromatic rings. The zero-order chi connectivity index (χ0) is 14.8. The van der Waals surface area contributed by atoms with Gasteiger partial charge in [-0.3, -0.25) is 4.98 Å². The van der Waals surface area contributed by atoms with E-state index in [1.54, 1.807) is 0 Å². The minimum absolute atomic E-state index is 0.749. The predicted molar refractivity (Wildman–Crippen MR) is 92.4 cm³/mol. The van der Waals surface area contributed by atoms with Gasteiger partial charge in [-0.1, -0.05) is 28.1 Å². The lowest BCUT2D eigenvalue weighted by Crippen LogP contribution is -2.01. The molecule has 3 rings (SSSR count). The first-order valence-corrected chi connectivity index (χ1v) is 7.56. The summed E-state index contributed by atoms with van der Waals surface area (Å²) < 4.78 is 1.09. The average Bonchev–Trinajstić information content (AvgIpc) is 2.45. The highest BCUT2D eigenvalue weighted by Crippen LogP contribution is 2.26. The summed E-state index contributed by atoms with van der Waals surface area (Å²) >= 11 is 3.49. The van der Waals surface area contributed by atoms with Gasteiger partial charge in [0.1, 0.15) is 0 Å². The van der Waals surface area contributed by atoms with Gasteiger partial charge in [0.05, 0.1) is 5.52 Å². The molecule has 4 heteroatoms. The first-order valence-electron chi connectivity index (χ1n) is 6.77. The van der Waals surface area contributed by atoms with Crippen molar-refractivity contribution in [2.45, 2.75) is 13.5 Å². The molecular formula is C17H16BrN3. The van der Waals surface area contributed by atoms with Gasteiger partial charge in [0.25, 0.3) is 0 Å². The first-order chi connectivity index (χ1) is 10.1. The number of aryl methyl sites for hydroxylation is 1. The van der Waals surface area contributed by atoms with Crippen molar-refractivity contribution in [1.29, 1.82) is 0 Å². The highest BCUT2D eigenvalue weighted by molar-refractivity contribution is 9.10. The third-order valence-corrected chi connectivity index (χ3v) is 3.83. The van der Waals surface area contributed by atoms with Crippen LogP contribution in [0.1, 0.15) is 11.3 Å². The second-order valence-corrected chi connectivity index (χ2v) is 5.99. The number of fused-ring (bicyclic) bond motifs is 1. The minimum Gasteiger partial charge on any atom is -0.399 e. The van der Waals surface area contributed by atoms with Crippen LogP contribution in [0.25, 0.3) is 10.9 Å². The summed E-state index contributed by atoms with van der Waals surface area (Å²) in [7, 11) is 0. The number of benzene rings is 2. The summed E-state index contributed by atoms with van der Waals surface area (Å²) in [5.41, 5.74) is 10.9. The number of anilines is 2. The Hall–Kier alpha value is -2.07. The summed E-state index contributed by atoms with van der Waals surface area (Å²) in [6, 6.07) is 16.1. The minimum atomic E-state index is 0.749. The van der Waals surface area contributed by atoms with Crippen LogP contribution in [0.4, 0.5) is 11.4 Å². The van der Waals surface area contributed by atoms with E-state index >= 15 is 0 Å². The SMILES string of the molecule is Cc1cc(NCc2cccc(Br)c2)c2cc(N)ccc2n1. The van der Waals surface area contributed by atoms with Gasteiger partial charge in [-0.15, -0.1) is 0 Å². The van der Waals surface area contributed by atoms with Crippen LogP contribution in [-0.2, 0) is 6.54 Å². The van der Waals surface area contributed by atoms with E-state index in [1.807, 2.05) is 37.3 Å². The molecule has 1 aromatic heterocycles. The topological polar surface area (TPSA) is 50.9 Å². The average molecular weight is 342 g/mol. The number of hydrogen-bond donors (Lipinski definition) is 2. The van der Waals surface area contributed by atoms with Crippen molar-refractivity contribution in [2.24, 2.45) is 0 Å². The molecular weight excluding hydrogens is 326 g/mol. The van der Waals surface area contributed by atoms with E-state index in [1.165, 1.54) is 5.56 Å². The first kappa shape index (κ1) is 13.9. The van der Waals surface area contributed by atoms with Gasteiger partial charge in [0.15, 0.2) is 0 Å². The Balaban J connectivity index is 1.94. The van der Waals surface area contributed by atoms with E-state index in [9.17, 15) is 0 Å². The summed E-state index contributed by atoms with van der Waals surface area (Å²) in [5, 5.41) is 4.53. The number of nitrogen functional groups attached to an aromatic ring is 1. The summed E-state index contributed by atoms with van der Waals surface area (Å²) in [6.07, 6.45) is 0. The van der Waals surface area contributed by atoms with Crippen LogP contribution >= 0.6 is 15.9 Å². The van der Waals surface area contributed by atoms with Gasteiger partial charge >= 0.3 is 0 Å². The summed E-state index contributed by atoms with van der Waals surface area (Å²) in [5.74, 6) is 0. The molecule has 3 nitrogen and oxygen atoms in total. The van der Waals surface area contributed by atoms with Crippen LogP contribution in [0.5, 0.6) is 0 Å². The zero-order valence-corrected chi connectivity index (χ0v) is 13.3. The molecule has 0 unspecified atom stereocenters. The Morgan fingerprint density at radius 1 is 1.14 bits per heavy atom. The predicted octanol–water partition coefficient (Wildman–Crippen LogP) is 4.50. The highest BCUT2D eigenvalue weighted by atomic mass is 79.9. The smallest absolute Gasteiger partial charge is 0.0727 e. The number of nitrogens with two attached hydrogens (primary N) is 1. The quantitative estimate of drug-likeness (QED) is 0.689. The lowest BCUT2D eigenvalue weighted by Gasteiger charge is -2.11. The van der Waals surface area contributed by atoms with Crippen molar-refractivity contribution in [2.75, 3.05) is 11.1 Å². The molecule has 0 bridgehead atoms. The van der Waals surface area contributed by atoms with Gasteiger partial charge in [0, 0.05) is 33.5 Å². The van der Waals surface area contributed by atoms with Gasteiger partial charge in [-0.2, -0.15) is 0 Å². The maximum absolute atomic E-state index is 5.90. The molecule has 0 aliphatic carbocycles. The second kappa shape index (κ2) is 5.74. The van der Waals surface area contributed by atoms with Crippen molar-refractivity contribution >= 4 is 38.2 Å². The molecule has 3 N–H and O–H groups in total. The van der Waals surface area contributed by atoms with Crippen molar-refractivity contribution in [3.05, 3.63) is 64.3 Å². The Kier molecular flexibility index (Phi) is 3.80. The molecule has 106 valence electrons. The van der Waals surface area contributed by atoms with Crippen LogP contribution in [-0.4, -0.2) is 4.98 Å². The number of nitrogens with zero attached hydrogens (tertiary/aromatic N) is 1. The fourth-order valence-electron chi connectivity index (χ4n) is 2.37. The van der Waals surface area contributed by atoms with E-state index < -0.39 is 0 Å². The normalized spacial score (nSPS) is 10.8. The van der Waals surface area contributed by atoms with E-state index in [0.29, 0.717) is 0 Å². The van der Waals surface area contributed by atoms with Crippen molar-refractivity contribution < 1.29 is 0 Å². The molecule has 0 radical (unpaired) electrons. The Labute approximate surface area is 132 Å². The number of rotatable bonds is 3. The molecule has 0 spiro atoms. The van der Waals surface area contributed by atoms with Gasteiger partial charge in [-0.25, -0.2) is 0 Å². The van der Waals surface area contributed by atoms with Crippen molar-refractivity contribution in [3.63, 3.8) is 0 Å².